The van der Waals surface area contributed by atoms with Crippen LogP contribution < -0.4 is 4.90 Å². The first kappa shape index (κ1) is 8.68. The van der Waals surface area contributed by atoms with Gasteiger partial charge >= 0.3 is 0 Å². The van der Waals surface area contributed by atoms with Crippen molar-refractivity contribution in [3.63, 3.8) is 0 Å². The number of hydrogen-bond donors (Lipinski definition) is 0. The molecule has 0 amide bonds. The maximum atomic E-state index is 4.24. The fourth-order valence-electron chi connectivity index (χ4n) is 1.36. The average Bonchev–Trinajstić information content (AvgIpc) is 2.59. The second kappa shape index (κ2) is 3.10. The van der Waals surface area contributed by atoms with Crippen LogP contribution in [0, 0.1) is 0 Å². The highest BCUT2D eigenvalue weighted by atomic mass is 15.4. The van der Waals surface area contributed by atoms with E-state index in [1.165, 1.54) is 0 Å². The molecule has 0 spiro atoms. The molecule has 0 atom stereocenters. The summed E-state index contributed by atoms with van der Waals surface area (Å²) in [5, 5.41) is 3.78. The molecule has 2 heterocycles. The summed E-state index contributed by atoms with van der Waals surface area (Å²) in [6.45, 7) is 3.45. The summed E-state index contributed by atoms with van der Waals surface area (Å²) >= 11 is 0. The molecule has 2 rings (SSSR count). The number of nitrogens with zero attached hydrogens (tertiary/aromatic N) is 5. The van der Waals surface area contributed by atoms with Crippen molar-refractivity contribution in [1.82, 2.24) is 14.6 Å². The smallest absolute Gasteiger partial charge is 0.183 e. The molecule has 0 aromatic carbocycles. The molecule has 5 nitrogen and oxygen atoms in total. The Morgan fingerprint density at radius 2 is 2.21 bits per heavy atom. The van der Waals surface area contributed by atoms with Crippen LogP contribution in [0.2, 0.25) is 0 Å². The van der Waals surface area contributed by atoms with E-state index in [9.17, 15) is 0 Å². The number of anilines is 1. The third-order valence-electron chi connectivity index (χ3n) is 2.03. The lowest BCUT2D eigenvalue weighted by Crippen LogP contribution is -2.09. The van der Waals surface area contributed by atoms with Gasteiger partial charge in [0.15, 0.2) is 5.65 Å². The Hall–Kier alpha value is -1.91. The quantitative estimate of drug-likeness (QED) is 0.661. The predicted molar refractivity (Wildman–Crippen MR) is 56.8 cm³/mol. The summed E-state index contributed by atoms with van der Waals surface area (Å²) in [4.78, 5) is 10.4. The van der Waals surface area contributed by atoms with Crippen LogP contribution in [0.3, 0.4) is 0 Å². The predicted octanol–water partition coefficient (Wildman–Crippen LogP) is 0.961. The molecule has 0 aliphatic heterocycles. The molecule has 0 bridgehead atoms. The highest BCUT2D eigenvalue weighted by Gasteiger charge is 2.08. The molecule has 0 aliphatic rings. The topological polar surface area (TPSA) is 46.3 Å². The van der Waals surface area contributed by atoms with Gasteiger partial charge in [-0.25, -0.2) is 14.6 Å². The second-order valence-corrected chi connectivity index (χ2v) is 3.13. The summed E-state index contributed by atoms with van der Waals surface area (Å²) in [6.07, 6.45) is 3.35. The molecule has 5 heteroatoms. The largest absolute Gasteiger partial charge is 0.376 e. The number of rotatable bonds is 2. The van der Waals surface area contributed by atoms with Gasteiger partial charge in [-0.3, -0.25) is 0 Å². The zero-order valence-electron chi connectivity index (χ0n) is 8.18. The Bertz CT molecular complexity index is 471. The fraction of sp³-hybridized carbons (Fsp3) is 0.222. The highest BCUT2D eigenvalue weighted by molar-refractivity contribution is 5.85. The molecule has 2 aromatic heterocycles. The summed E-state index contributed by atoms with van der Waals surface area (Å²) in [6, 6.07) is 1.92. The molecule has 0 saturated heterocycles. The van der Waals surface area contributed by atoms with Crippen molar-refractivity contribution in [3.05, 3.63) is 18.6 Å². The van der Waals surface area contributed by atoms with E-state index in [1.807, 2.05) is 25.1 Å². The number of imidazole rings is 1. The van der Waals surface area contributed by atoms with Gasteiger partial charge in [0.05, 0.1) is 5.69 Å². The van der Waals surface area contributed by atoms with Crippen molar-refractivity contribution < 1.29 is 0 Å². The van der Waals surface area contributed by atoms with Crippen molar-refractivity contribution in [3.8, 4) is 0 Å². The molecule has 2 aromatic rings. The summed E-state index contributed by atoms with van der Waals surface area (Å²) < 4.78 is 1.56. The van der Waals surface area contributed by atoms with Crippen LogP contribution in [-0.4, -0.2) is 35.5 Å². The molecule has 72 valence electrons. The number of hydrogen-bond acceptors (Lipinski definition) is 4. The van der Waals surface area contributed by atoms with Crippen LogP contribution in [0.25, 0.3) is 11.2 Å². The van der Waals surface area contributed by atoms with E-state index >= 15 is 0 Å². The molecule has 14 heavy (non-hydrogen) atoms. The Balaban J connectivity index is 2.76. The van der Waals surface area contributed by atoms with Gasteiger partial charge in [0.2, 0.25) is 0 Å². The summed E-state index contributed by atoms with van der Waals surface area (Å²) in [5.74, 6) is 0. The Labute approximate surface area is 81.7 Å². The maximum Gasteiger partial charge on any atom is 0.183 e. The first-order chi connectivity index (χ1) is 6.74. The van der Waals surface area contributed by atoms with Crippen LogP contribution in [-0.2, 0) is 0 Å². The van der Waals surface area contributed by atoms with Gasteiger partial charge in [0.1, 0.15) is 11.8 Å². The fourth-order valence-corrected chi connectivity index (χ4v) is 1.36. The lowest BCUT2D eigenvalue weighted by Gasteiger charge is -2.11. The summed E-state index contributed by atoms with van der Waals surface area (Å²) in [5.41, 5.74) is 2.59. The van der Waals surface area contributed by atoms with Crippen molar-refractivity contribution in [1.29, 1.82) is 0 Å². The van der Waals surface area contributed by atoms with Crippen molar-refractivity contribution in [2.45, 2.75) is 0 Å². The summed E-state index contributed by atoms with van der Waals surface area (Å²) in [7, 11) is 3.93. The number of fused-ring (bicyclic) bond motifs is 1. The van der Waals surface area contributed by atoms with Crippen LogP contribution in [0.4, 0.5) is 5.69 Å². The minimum atomic E-state index is 0.728. The third-order valence-corrected chi connectivity index (χ3v) is 2.03. The van der Waals surface area contributed by atoms with E-state index < -0.39 is 0 Å². The lowest BCUT2D eigenvalue weighted by molar-refractivity contribution is 0.904. The van der Waals surface area contributed by atoms with Gasteiger partial charge in [0, 0.05) is 27.0 Å². The van der Waals surface area contributed by atoms with Gasteiger partial charge in [-0.1, -0.05) is 0 Å². The Morgan fingerprint density at radius 1 is 1.43 bits per heavy atom. The monoisotopic (exact) mass is 189 g/mol. The molecule has 0 fully saturated rings. The van der Waals surface area contributed by atoms with Crippen molar-refractivity contribution >= 4 is 23.6 Å². The normalized spacial score (nSPS) is 10.4. The second-order valence-electron chi connectivity index (χ2n) is 3.13. The first-order valence-corrected chi connectivity index (χ1v) is 4.20. The standard InChI is InChI=1S/C9H11N5/c1-10-14-6-12-8-7(13(2)3)4-5-11-9(8)14/h4-6H,1H2,2-3H3. The third kappa shape index (κ3) is 1.14. The van der Waals surface area contributed by atoms with Crippen LogP contribution in [0.5, 0.6) is 0 Å². The SMILES string of the molecule is C=Nn1cnc2c(N(C)C)ccnc21. The van der Waals surface area contributed by atoms with Crippen LogP contribution in [0.1, 0.15) is 0 Å². The van der Waals surface area contributed by atoms with Crippen LogP contribution >= 0.6 is 0 Å². The van der Waals surface area contributed by atoms with Crippen molar-refractivity contribution in [2.24, 2.45) is 5.10 Å². The minimum absolute atomic E-state index is 0.728. The average molecular weight is 189 g/mol. The molecule has 0 unspecified atom stereocenters. The molecule has 0 radical (unpaired) electrons. The Morgan fingerprint density at radius 3 is 2.86 bits per heavy atom. The first-order valence-electron chi connectivity index (χ1n) is 4.20. The van der Waals surface area contributed by atoms with Gasteiger partial charge in [-0.2, -0.15) is 5.10 Å². The van der Waals surface area contributed by atoms with Gasteiger partial charge in [-0.15, -0.1) is 0 Å². The number of pyridine rings is 1. The van der Waals surface area contributed by atoms with Gasteiger partial charge in [0.25, 0.3) is 0 Å². The van der Waals surface area contributed by atoms with Crippen molar-refractivity contribution in [2.75, 3.05) is 19.0 Å². The van der Waals surface area contributed by atoms with E-state index in [0.29, 0.717) is 0 Å². The number of aromatic nitrogens is 3. The van der Waals surface area contributed by atoms with E-state index in [-0.39, 0.29) is 0 Å². The van der Waals surface area contributed by atoms with Gasteiger partial charge in [-0.05, 0) is 6.07 Å². The van der Waals surface area contributed by atoms with E-state index in [4.69, 9.17) is 0 Å². The molecular weight excluding hydrogens is 178 g/mol. The zero-order chi connectivity index (χ0) is 10.1. The van der Waals surface area contributed by atoms with Crippen LogP contribution in [0.15, 0.2) is 23.7 Å². The maximum absolute atomic E-state index is 4.24. The van der Waals surface area contributed by atoms with Gasteiger partial charge < -0.3 is 4.90 Å². The molecule has 0 saturated carbocycles. The Kier molecular flexibility index (Phi) is 1.92. The van der Waals surface area contributed by atoms with E-state index in [2.05, 4.69) is 21.8 Å². The minimum Gasteiger partial charge on any atom is -0.376 e. The zero-order valence-corrected chi connectivity index (χ0v) is 8.18. The highest BCUT2D eigenvalue weighted by Crippen LogP contribution is 2.21. The lowest BCUT2D eigenvalue weighted by atomic mass is 10.3. The molecule has 0 aliphatic carbocycles. The van der Waals surface area contributed by atoms with E-state index in [1.54, 1.807) is 17.2 Å². The van der Waals surface area contributed by atoms with E-state index in [0.717, 1.165) is 16.9 Å². The molecule has 0 N–H and O–H groups in total. The molecular formula is C9H11N5.